The van der Waals surface area contributed by atoms with E-state index < -0.39 is 0 Å². The molecule has 0 bridgehead atoms. The molecule has 0 saturated heterocycles. The summed E-state index contributed by atoms with van der Waals surface area (Å²) in [6, 6.07) is 12.5. The monoisotopic (exact) mass is 246 g/mol. The average Bonchev–Trinajstić information content (AvgIpc) is 2.82. The molecule has 2 heteroatoms. The van der Waals surface area contributed by atoms with Crippen molar-refractivity contribution in [1.29, 1.82) is 0 Å². The first-order valence-electron chi connectivity index (χ1n) is 5.85. The molecular formula is C15H18OS. The van der Waals surface area contributed by atoms with Gasteiger partial charge < -0.3 is 5.11 Å². The zero-order valence-corrected chi connectivity index (χ0v) is 11.1. The molecule has 0 amide bonds. The minimum absolute atomic E-state index is 0.176. The van der Waals surface area contributed by atoms with Crippen LogP contribution in [0.15, 0.2) is 41.8 Å². The predicted molar refractivity (Wildman–Crippen MR) is 73.6 cm³/mol. The summed E-state index contributed by atoms with van der Waals surface area (Å²) in [7, 11) is 0. The highest BCUT2D eigenvalue weighted by Gasteiger charge is 2.27. The molecule has 1 aromatic carbocycles. The Kier molecular flexibility index (Phi) is 3.65. The third-order valence-electron chi connectivity index (χ3n) is 3.29. The van der Waals surface area contributed by atoms with Gasteiger partial charge in [-0.15, -0.1) is 11.3 Å². The lowest BCUT2D eigenvalue weighted by Crippen LogP contribution is -2.30. The van der Waals surface area contributed by atoms with Crippen LogP contribution in [0.5, 0.6) is 0 Å². The van der Waals surface area contributed by atoms with Gasteiger partial charge in [0.1, 0.15) is 0 Å². The zero-order valence-electron chi connectivity index (χ0n) is 10.3. The summed E-state index contributed by atoms with van der Waals surface area (Å²) in [6.45, 7) is 4.42. The van der Waals surface area contributed by atoms with Crippen molar-refractivity contribution < 1.29 is 5.11 Å². The zero-order chi connectivity index (χ0) is 12.3. The van der Waals surface area contributed by atoms with Crippen LogP contribution in [0.4, 0.5) is 0 Å². The minimum Gasteiger partial charge on any atom is -0.395 e. The molecule has 0 aliphatic heterocycles. The van der Waals surface area contributed by atoms with Crippen LogP contribution in [0.25, 0.3) is 0 Å². The molecule has 1 nitrogen and oxygen atoms in total. The number of hydrogen-bond donors (Lipinski definition) is 1. The van der Waals surface area contributed by atoms with Gasteiger partial charge in [-0.1, -0.05) is 37.3 Å². The molecule has 1 N–H and O–H groups in total. The average molecular weight is 246 g/mol. The van der Waals surface area contributed by atoms with E-state index in [-0.39, 0.29) is 12.0 Å². The minimum atomic E-state index is -0.184. The van der Waals surface area contributed by atoms with Gasteiger partial charge in [0.2, 0.25) is 0 Å². The van der Waals surface area contributed by atoms with Crippen molar-refractivity contribution >= 4 is 11.3 Å². The van der Waals surface area contributed by atoms with Gasteiger partial charge in [-0.2, -0.15) is 0 Å². The van der Waals surface area contributed by atoms with Gasteiger partial charge in [0.05, 0.1) is 6.61 Å². The van der Waals surface area contributed by atoms with Crippen LogP contribution in [0.2, 0.25) is 0 Å². The summed E-state index contributed by atoms with van der Waals surface area (Å²) < 4.78 is 0. The first-order chi connectivity index (χ1) is 8.15. The van der Waals surface area contributed by atoms with Gasteiger partial charge in [-0.25, -0.2) is 0 Å². The molecule has 2 rings (SSSR count). The Balaban J connectivity index is 2.34. The number of benzene rings is 1. The maximum Gasteiger partial charge on any atom is 0.0528 e. The quantitative estimate of drug-likeness (QED) is 0.874. The largest absolute Gasteiger partial charge is 0.395 e. The van der Waals surface area contributed by atoms with E-state index in [1.54, 1.807) is 11.3 Å². The number of hydrogen-bond acceptors (Lipinski definition) is 2. The summed E-state index contributed by atoms with van der Waals surface area (Å²) in [5, 5.41) is 11.9. The fourth-order valence-corrected chi connectivity index (χ4v) is 3.18. The lowest BCUT2D eigenvalue weighted by Gasteiger charge is -2.29. The maximum atomic E-state index is 9.77. The van der Waals surface area contributed by atoms with E-state index >= 15 is 0 Å². The lowest BCUT2D eigenvalue weighted by molar-refractivity contribution is 0.205. The van der Waals surface area contributed by atoms with Gasteiger partial charge in [0.15, 0.2) is 0 Å². The Morgan fingerprint density at radius 2 is 1.94 bits per heavy atom. The van der Waals surface area contributed by atoms with Crippen LogP contribution >= 0.6 is 11.3 Å². The predicted octanol–water partition coefficient (Wildman–Crippen LogP) is 3.55. The first kappa shape index (κ1) is 12.3. The summed E-state index contributed by atoms with van der Waals surface area (Å²) in [5.41, 5.74) is 2.31. The van der Waals surface area contributed by atoms with Crippen LogP contribution < -0.4 is 0 Å². The molecule has 1 heterocycles. The van der Waals surface area contributed by atoms with Gasteiger partial charge in [0.25, 0.3) is 0 Å². The topological polar surface area (TPSA) is 20.2 Å². The Labute approximate surface area is 107 Å². The van der Waals surface area contributed by atoms with Crippen LogP contribution in [0, 0.1) is 6.92 Å². The van der Waals surface area contributed by atoms with Crippen molar-refractivity contribution in [3.8, 4) is 0 Å². The first-order valence-corrected chi connectivity index (χ1v) is 6.73. The maximum absolute atomic E-state index is 9.77. The second-order valence-corrected chi connectivity index (χ2v) is 5.82. The van der Waals surface area contributed by atoms with Crippen LogP contribution in [0.3, 0.4) is 0 Å². The molecule has 1 unspecified atom stereocenters. The SMILES string of the molecule is Cc1ccccc1C(C)(CO)Cc1cccs1. The van der Waals surface area contributed by atoms with Gasteiger partial charge in [0, 0.05) is 10.3 Å². The molecule has 0 aliphatic rings. The Morgan fingerprint density at radius 1 is 1.18 bits per heavy atom. The molecule has 1 aromatic heterocycles. The number of thiophene rings is 1. The van der Waals surface area contributed by atoms with Crippen molar-refractivity contribution in [2.75, 3.05) is 6.61 Å². The lowest BCUT2D eigenvalue weighted by atomic mass is 9.78. The summed E-state index contributed by atoms with van der Waals surface area (Å²) in [6.07, 6.45) is 0.895. The fraction of sp³-hybridized carbons (Fsp3) is 0.333. The Bertz CT molecular complexity index is 475. The molecule has 17 heavy (non-hydrogen) atoms. The smallest absolute Gasteiger partial charge is 0.0528 e. The summed E-state index contributed by atoms with van der Waals surface area (Å²) >= 11 is 1.75. The third kappa shape index (κ3) is 2.59. The molecule has 0 fully saturated rings. The van der Waals surface area contributed by atoms with E-state index in [2.05, 4.69) is 43.5 Å². The Hall–Kier alpha value is -1.12. The standard InChI is InChI=1S/C15H18OS/c1-12-6-3-4-8-14(12)15(2,11-16)10-13-7-5-9-17-13/h3-9,16H,10-11H2,1-2H3. The van der Waals surface area contributed by atoms with Crippen molar-refractivity contribution in [3.05, 3.63) is 57.8 Å². The number of aliphatic hydroxyl groups excluding tert-OH is 1. The molecule has 0 spiro atoms. The van der Waals surface area contributed by atoms with Crippen LogP contribution in [-0.2, 0) is 11.8 Å². The highest BCUT2D eigenvalue weighted by molar-refractivity contribution is 7.09. The van der Waals surface area contributed by atoms with E-state index in [1.807, 2.05) is 12.1 Å². The van der Waals surface area contributed by atoms with E-state index in [0.717, 1.165) is 6.42 Å². The molecule has 90 valence electrons. The molecule has 1 atom stereocenters. The number of aliphatic hydroxyl groups is 1. The van der Waals surface area contributed by atoms with Crippen LogP contribution in [-0.4, -0.2) is 11.7 Å². The van der Waals surface area contributed by atoms with Crippen molar-refractivity contribution in [3.63, 3.8) is 0 Å². The van der Waals surface area contributed by atoms with E-state index in [0.29, 0.717) is 0 Å². The summed E-state index contributed by atoms with van der Waals surface area (Å²) in [5.74, 6) is 0. The highest BCUT2D eigenvalue weighted by atomic mass is 32.1. The fourth-order valence-electron chi connectivity index (χ4n) is 2.28. The van der Waals surface area contributed by atoms with Crippen molar-refractivity contribution in [1.82, 2.24) is 0 Å². The van der Waals surface area contributed by atoms with E-state index in [9.17, 15) is 5.11 Å². The van der Waals surface area contributed by atoms with Gasteiger partial charge >= 0.3 is 0 Å². The molecule has 2 aromatic rings. The van der Waals surface area contributed by atoms with Gasteiger partial charge in [-0.3, -0.25) is 0 Å². The normalized spacial score (nSPS) is 14.5. The molecular weight excluding hydrogens is 228 g/mol. The van der Waals surface area contributed by atoms with Crippen molar-refractivity contribution in [2.45, 2.75) is 25.7 Å². The second kappa shape index (κ2) is 5.03. The molecule has 0 saturated carbocycles. The van der Waals surface area contributed by atoms with E-state index in [1.165, 1.54) is 16.0 Å². The van der Waals surface area contributed by atoms with Gasteiger partial charge in [-0.05, 0) is 35.9 Å². The molecule has 0 aliphatic carbocycles. The third-order valence-corrected chi connectivity index (χ3v) is 4.17. The Morgan fingerprint density at radius 3 is 2.53 bits per heavy atom. The van der Waals surface area contributed by atoms with Crippen molar-refractivity contribution in [2.24, 2.45) is 0 Å². The highest BCUT2D eigenvalue weighted by Crippen LogP contribution is 2.31. The second-order valence-electron chi connectivity index (χ2n) is 4.79. The summed E-state index contributed by atoms with van der Waals surface area (Å²) in [4.78, 5) is 1.32. The van der Waals surface area contributed by atoms with E-state index in [4.69, 9.17) is 0 Å². The number of aryl methyl sites for hydroxylation is 1. The molecule has 0 radical (unpaired) electrons. The van der Waals surface area contributed by atoms with Crippen LogP contribution in [0.1, 0.15) is 22.9 Å². The number of rotatable bonds is 4.